The second-order valence-electron chi connectivity index (χ2n) is 6.45. The number of fused-ring (bicyclic) bond motifs is 2. The Bertz CT molecular complexity index is 732. The van der Waals surface area contributed by atoms with Gasteiger partial charge in [-0.1, -0.05) is 25.3 Å². The molecular weight excluding hydrogens is 274 g/mol. The zero-order chi connectivity index (χ0) is 15.1. The second-order valence-corrected chi connectivity index (χ2v) is 6.45. The van der Waals surface area contributed by atoms with Crippen molar-refractivity contribution in [3.05, 3.63) is 41.5 Å². The van der Waals surface area contributed by atoms with Gasteiger partial charge in [-0.25, -0.2) is 0 Å². The van der Waals surface area contributed by atoms with E-state index in [2.05, 4.69) is 17.0 Å². The smallest absolute Gasteiger partial charge is 0.254 e. The van der Waals surface area contributed by atoms with Crippen LogP contribution in [0.5, 0.6) is 5.75 Å². The molecule has 4 rings (SSSR count). The van der Waals surface area contributed by atoms with Gasteiger partial charge in [0, 0.05) is 18.2 Å². The SMILES string of the molecule is COc1ccc2cc3c(cc2c1)C(=O)N(C1CCCCC1)C3. The first-order valence-corrected chi connectivity index (χ1v) is 8.18. The Morgan fingerprint density at radius 1 is 1.05 bits per heavy atom. The first-order valence-electron chi connectivity index (χ1n) is 8.18. The van der Waals surface area contributed by atoms with Crippen molar-refractivity contribution in [1.82, 2.24) is 4.90 Å². The van der Waals surface area contributed by atoms with Crippen molar-refractivity contribution >= 4 is 16.7 Å². The average molecular weight is 295 g/mol. The van der Waals surface area contributed by atoms with Gasteiger partial charge in [0.1, 0.15) is 5.75 Å². The predicted octanol–water partition coefficient (Wildman–Crippen LogP) is 4.14. The lowest BCUT2D eigenvalue weighted by atomic mass is 9.94. The van der Waals surface area contributed by atoms with Crippen molar-refractivity contribution in [2.75, 3.05) is 7.11 Å². The predicted molar refractivity (Wildman–Crippen MR) is 87.2 cm³/mol. The number of carbonyl (C=O) groups is 1. The van der Waals surface area contributed by atoms with E-state index in [9.17, 15) is 4.79 Å². The third-order valence-corrected chi connectivity index (χ3v) is 5.12. The van der Waals surface area contributed by atoms with Crippen LogP contribution in [0.1, 0.15) is 48.0 Å². The van der Waals surface area contributed by atoms with Gasteiger partial charge >= 0.3 is 0 Å². The zero-order valence-corrected chi connectivity index (χ0v) is 13.0. The summed E-state index contributed by atoms with van der Waals surface area (Å²) in [6, 6.07) is 10.7. The molecule has 3 heteroatoms. The number of carbonyl (C=O) groups excluding carboxylic acids is 1. The van der Waals surface area contributed by atoms with E-state index in [0.29, 0.717) is 6.04 Å². The summed E-state index contributed by atoms with van der Waals surface area (Å²) in [6.07, 6.45) is 6.14. The molecule has 1 heterocycles. The Labute approximate surface area is 130 Å². The number of amides is 1. The highest BCUT2D eigenvalue weighted by atomic mass is 16.5. The van der Waals surface area contributed by atoms with Crippen molar-refractivity contribution in [3.8, 4) is 5.75 Å². The van der Waals surface area contributed by atoms with Gasteiger partial charge in [0.25, 0.3) is 5.91 Å². The summed E-state index contributed by atoms with van der Waals surface area (Å²) in [5.74, 6) is 1.05. The van der Waals surface area contributed by atoms with E-state index in [1.165, 1.54) is 30.2 Å². The van der Waals surface area contributed by atoms with Gasteiger partial charge < -0.3 is 9.64 Å². The summed E-state index contributed by atoms with van der Waals surface area (Å²) in [4.78, 5) is 14.9. The van der Waals surface area contributed by atoms with Crippen LogP contribution in [0.15, 0.2) is 30.3 Å². The minimum atomic E-state index is 0.214. The van der Waals surface area contributed by atoms with Crippen LogP contribution in [0.2, 0.25) is 0 Å². The van der Waals surface area contributed by atoms with Crippen molar-refractivity contribution in [2.24, 2.45) is 0 Å². The first kappa shape index (κ1) is 13.6. The molecule has 0 radical (unpaired) electrons. The lowest BCUT2D eigenvalue weighted by molar-refractivity contribution is 0.0660. The number of ether oxygens (including phenoxy) is 1. The molecule has 114 valence electrons. The summed E-state index contributed by atoms with van der Waals surface area (Å²) in [6.45, 7) is 0.779. The topological polar surface area (TPSA) is 29.5 Å². The number of methoxy groups -OCH3 is 1. The second kappa shape index (κ2) is 5.31. The van der Waals surface area contributed by atoms with Crippen LogP contribution >= 0.6 is 0 Å². The number of hydrogen-bond donors (Lipinski definition) is 0. The van der Waals surface area contributed by atoms with Gasteiger partial charge in [-0.2, -0.15) is 0 Å². The van der Waals surface area contributed by atoms with E-state index >= 15 is 0 Å². The van der Waals surface area contributed by atoms with Gasteiger partial charge in [-0.15, -0.1) is 0 Å². The standard InChI is InChI=1S/C19H21NO2/c1-22-17-8-7-13-9-15-12-20(16-5-3-2-4-6-16)19(21)18(15)11-14(13)10-17/h7-11,16H,2-6,12H2,1H3. The van der Waals surface area contributed by atoms with Crippen molar-refractivity contribution in [1.29, 1.82) is 0 Å². The fourth-order valence-corrected chi connectivity index (χ4v) is 3.88. The highest BCUT2D eigenvalue weighted by Crippen LogP contribution is 2.34. The van der Waals surface area contributed by atoms with Gasteiger partial charge in [-0.05, 0) is 53.4 Å². The molecule has 2 aliphatic rings. The van der Waals surface area contributed by atoms with Crippen LogP contribution in [0.3, 0.4) is 0 Å². The third kappa shape index (κ3) is 2.16. The highest BCUT2D eigenvalue weighted by Gasteiger charge is 2.33. The van der Waals surface area contributed by atoms with Crippen LogP contribution in [0.4, 0.5) is 0 Å². The zero-order valence-electron chi connectivity index (χ0n) is 13.0. The van der Waals surface area contributed by atoms with Crippen LogP contribution in [-0.4, -0.2) is 24.0 Å². The molecule has 1 aliphatic heterocycles. The summed E-state index contributed by atoms with van der Waals surface area (Å²) in [7, 11) is 1.67. The molecule has 0 spiro atoms. The quantitative estimate of drug-likeness (QED) is 0.833. The Balaban J connectivity index is 1.71. The third-order valence-electron chi connectivity index (χ3n) is 5.12. The van der Waals surface area contributed by atoms with Gasteiger partial charge in [0.05, 0.1) is 7.11 Å². The van der Waals surface area contributed by atoms with Crippen LogP contribution in [-0.2, 0) is 6.54 Å². The Morgan fingerprint density at radius 2 is 1.86 bits per heavy atom. The maximum Gasteiger partial charge on any atom is 0.254 e. The minimum absolute atomic E-state index is 0.214. The summed E-state index contributed by atoms with van der Waals surface area (Å²) in [5, 5.41) is 2.26. The summed E-state index contributed by atoms with van der Waals surface area (Å²) < 4.78 is 5.29. The highest BCUT2D eigenvalue weighted by molar-refractivity contribution is 6.03. The number of rotatable bonds is 2. The molecule has 0 unspecified atom stereocenters. The minimum Gasteiger partial charge on any atom is -0.497 e. The van der Waals surface area contributed by atoms with Gasteiger partial charge in [0.15, 0.2) is 0 Å². The molecule has 2 aromatic carbocycles. The lowest BCUT2D eigenvalue weighted by Crippen LogP contribution is -2.36. The largest absolute Gasteiger partial charge is 0.497 e. The Kier molecular flexibility index (Phi) is 3.29. The van der Waals surface area contributed by atoms with E-state index in [1.807, 2.05) is 18.2 Å². The molecule has 1 amide bonds. The van der Waals surface area contributed by atoms with Crippen LogP contribution in [0, 0.1) is 0 Å². The first-order chi connectivity index (χ1) is 10.8. The van der Waals surface area contributed by atoms with E-state index in [0.717, 1.165) is 36.1 Å². The number of hydrogen-bond acceptors (Lipinski definition) is 2. The molecule has 3 nitrogen and oxygen atoms in total. The van der Waals surface area contributed by atoms with Crippen molar-refractivity contribution in [3.63, 3.8) is 0 Å². The van der Waals surface area contributed by atoms with E-state index in [1.54, 1.807) is 7.11 Å². The Morgan fingerprint density at radius 3 is 2.64 bits per heavy atom. The molecule has 1 saturated carbocycles. The molecule has 0 atom stereocenters. The monoisotopic (exact) mass is 295 g/mol. The maximum atomic E-state index is 12.8. The fraction of sp³-hybridized carbons (Fsp3) is 0.421. The molecule has 1 fully saturated rings. The molecular formula is C19H21NO2. The molecule has 0 N–H and O–H groups in total. The molecule has 1 aliphatic carbocycles. The summed E-state index contributed by atoms with van der Waals surface area (Å²) in [5.41, 5.74) is 2.06. The molecule has 0 bridgehead atoms. The fourth-order valence-electron chi connectivity index (χ4n) is 3.88. The van der Waals surface area contributed by atoms with Crippen molar-refractivity contribution < 1.29 is 9.53 Å². The lowest BCUT2D eigenvalue weighted by Gasteiger charge is -2.30. The maximum absolute atomic E-state index is 12.8. The number of nitrogens with zero attached hydrogens (tertiary/aromatic N) is 1. The van der Waals surface area contributed by atoms with E-state index < -0.39 is 0 Å². The van der Waals surface area contributed by atoms with E-state index in [-0.39, 0.29) is 5.91 Å². The van der Waals surface area contributed by atoms with Crippen molar-refractivity contribution in [2.45, 2.75) is 44.7 Å². The van der Waals surface area contributed by atoms with Gasteiger partial charge in [-0.3, -0.25) is 4.79 Å². The number of benzene rings is 2. The molecule has 0 aromatic heterocycles. The molecule has 22 heavy (non-hydrogen) atoms. The molecule has 0 saturated heterocycles. The van der Waals surface area contributed by atoms with Crippen LogP contribution < -0.4 is 4.74 Å². The Hall–Kier alpha value is -2.03. The molecule has 2 aromatic rings. The van der Waals surface area contributed by atoms with Gasteiger partial charge in [0.2, 0.25) is 0 Å². The average Bonchev–Trinajstić information content (AvgIpc) is 2.89. The van der Waals surface area contributed by atoms with E-state index in [4.69, 9.17) is 4.74 Å². The van der Waals surface area contributed by atoms with Crippen LogP contribution in [0.25, 0.3) is 10.8 Å². The normalized spacial score (nSPS) is 18.8. The summed E-state index contributed by atoms with van der Waals surface area (Å²) >= 11 is 0.